The molecule has 2 N–H and O–H groups in total. The number of aromatic nitrogens is 2. The summed E-state index contributed by atoms with van der Waals surface area (Å²) in [5.41, 5.74) is 8.61. The molecular formula is C10H11N3O. The molecule has 2 aromatic heterocycles. The number of carbonyl (C=O) groups is 1. The molecule has 0 unspecified atom stereocenters. The molecule has 0 saturated carbocycles. The van der Waals surface area contributed by atoms with Gasteiger partial charge < -0.3 is 5.73 Å². The maximum absolute atomic E-state index is 11.0. The summed E-state index contributed by atoms with van der Waals surface area (Å²) in [5, 5.41) is 4.12. The zero-order valence-corrected chi connectivity index (χ0v) is 8.11. The fourth-order valence-corrected chi connectivity index (χ4v) is 1.47. The van der Waals surface area contributed by atoms with Crippen molar-refractivity contribution in [3.05, 3.63) is 35.2 Å². The highest BCUT2D eigenvalue weighted by atomic mass is 16.1. The van der Waals surface area contributed by atoms with Gasteiger partial charge >= 0.3 is 0 Å². The van der Waals surface area contributed by atoms with Crippen LogP contribution in [-0.4, -0.2) is 15.5 Å². The molecule has 0 saturated heterocycles. The predicted molar refractivity (Wildman–Crippen MR) is 53.2 cm³/mol. The molecule has 4 nitrogen and oxygen atoms in total. The van der Waals surface area contributed by atoms with Crippen LogP contribution >= 0.6 is 0 Å². The predicted octanol–water partition coefficient (Wildman–Crippen LogP) is 1.05. The minimum Gasteiger partial charge on any atom is -0.365 e. The van der Waals surface area contributed by atoms with Crippen LogP contribution in [0, 0.1) is 13.8 Å². The van der Waals surface area contributed by atoms with Gasteiger partial charge in [-0.1, -0.05) is 6.07 Å². The Labute approximate surface area is 81.3 Å². The van der Waals surface area contributed by atoms with Gasteiger partial charge in [-0.25, -0.2) is 4.52 Å². The van der Waals surface area contributed by atoms with E-state index >= 15 is 0 Å². The normalized spacial score (nSPS) is 10.7. The molecule has 4 heteroatoms. The highest BCUT2D eigenvalue weighted by Gasteiger charge is 2.10. The summed E-state index contributed by atoms with van der Waals surface area (Å²) < 4.78 is 1.73. The van der Waals surface area contributed by atoms with Crippen LogP contribution in [0.15, 0.2) is 18.3 Å². The maximum Gasteiger partial charge on any atom is 0.252 e. The number of hydrogen-bond acceptors (Lipinski definition) is 2. The molecule has 1 amide bonds. The first-order valence-electron chi connectivity index (χ1n) is 4.35. The first-order chi connectivity index (χ1) is 6.61. The van der Waals surface area contributed by atoms with Crippen molar-refractivity contribution in [1.82, 2.24) is 9.61 Å². The average molecular weight is 189 g/mol. The smallest absolute Gasteiger partial charge is 0.252 e. The zero-order chi connectivity index (χ0) is 10.3. The summed E-state index contributed by atoms with van der Waals surface area (Å²) in [5.74, 6) is -0.441. The molecule has 0 aliphatic rings. The van der Waals surface area contributed by atoms with Gasteiger partial charge in [-0.05, 0) is 25.5 Å². The van der Waals surface area contributed by atoms with E-state index in [0.29, 0.717) is 5.56 Å². The van der Waals surface area contributed by atoms with E-state index in [1.165, 1.54) is 6.20 Å². The number of amides is 1. The molecule has 2 aromatic rings. The average Bonchev–Trinajstić information content (AvgIpc) is 2.55. The molecule has 72 valence electrons. The first kappa shape index (κ1) is 8.74. The lowest BCUT2D eigenvalue weighted by Crippen LogP contribution is -2.10. The molecule has 2 heterocycles. The Bertz CT molecular complexity index is 513. The number of rotatable bonds is 1. The molecule has 0 aromatic carbocycles. The highest BCUT2D eigenvalue weighted by molar-refractivity contribution is 5.99. The molecule has 2 rings (SSSR count). The minimum atomic E-state index is -0.441. The Morgan fingerprint density at radius 1 is 1.43 bits per heavy atom. The lowest BCUT2D eigenvalue weighted by Gasteiger charge is -2.02. The van der Waals surface area contributed by atoms with Crippen LogP contribution < -0.4 is 5.73 Å². The van der Waals surface area contributed by atoms with Crippen LogP contribution in [0.4, 0.5) is 0 Å². The van der Waals surface area contributed by atoms with Gasteiger partial charge in [-0.2, -0.15) is 5.10 Å². The van der Waals surface area contributed by atoms with Crippen molar-refractivity contribution in [1.29, 1.82) is 0 Å². The number of carbonyl (C=O) groups excluding carboxylic acids is 1. The van der Waals surface area contributed by atoms with Gasteiger partial charge in [0.05, 0.1) is 17.3 Å². The molecule has 0 bridgehead atoms. The summed E-state index contributed by atoms with van der Waals surface area (Å²) in [6.45, 7) is 3.96. The van der Waals surface area contributed by atoms with E-state index < -0.39 is 5.91 Å². The standard InChI is InChI=1S/C10H11N3O/c1-6-3-4-9-8(10(11)14)5-12-13(9)7(6)2/h3-5H,1-2H3,(H2,11,14). The van der Waals surface area contributed by atoms with Gasteiger partial charge in [0.2, 0.25) is 0 Å². The van der Waals surface area contributed by atoms with Gasteiger partial charge in [0, 0.05) is 5.69 Å². The third-order valence-corrected chi connectivity index (χ3v) is 2.45. The summed E-state index contributed by atoms with van der Waals surface area (Å²) >= 11 is 0. The lowest BCUT2D eigenvalue weighted by atomic mass is 10.2. The van der Waals surface area contributed by atoms with E-state index in [9.17, 15) is 4.79 Å². The van der Waals surface area contributed by atoms with Gasteiger partial charge in [-0.15, -0.1) is 0 Å². The molecule has 0 atom stereocenters. The van der Waals surface area contributed by atoms with Crippen molar-refractivity contribution in [2.24, 2.45) is 5.73 Å². The Morgan fingerprint density at radius 3 is 2.79 bits per heavy atom. The number of primary amides is 1. The van der Waals surface area contributed by atoms with E-state index in [-0.39, 0.29) is 0 Å². The molecule has 14 heavy (non-hydrogen) atoms. The van der Waals surface area contributed by atoms with Gasteiger partial charge in [0.1, 0.15) is 0 Å². The van der Waals surface area contributed by atoms with Crippen LogP contribution in [0.1, 0.15) is 21.6 Å². The Hall–Kier alpha value is -1.84. The second-order valence-corrected chi connectivity index (χ2v) is 3.32. The van der Waals surface area contributed by atoms with Crippen molar-refractivity contribution in [3.63, 3.8) is 0 Å². The first-order valence-corrected chi connectivity index (χ1v) is 4.35. The van der Waals surface area contributed by atoms with E-state index in [4.69, 9.17) is 5.73 Å². The number of hydrogen-bond donors (Lipinski definition) is 1. The summed E-state index contributed by atoms with van der Waals surface area (Å²) in [6.07, 6.45) is 1.50. The third-order valence-electron chi connectivity index (χ3n) is 2.45. The summed E-state index contributed by atoms with van der Waals surface area (Å²) in [6, 6.07) is 3.81. The van der Waals surface area contributed by atoms with Crippen LogP contribution in [0.2, 0.25) is 0 Å². The fourth-order valence-electron chi connectivity index (χ4n) is 1.47. The van der Waals surface area contributed by atoms with E-state index in [1.807, 2.05) is 26.0 Å². The zero-order valence-electron chi connectivity index (χ0n) is 8.11. The molecular weight excluding hydrogens is 178 g/mol. The largest absolute Gasteiger partial charge is 0.365 e. The third kappa shape index (κ3) is 1.08. The second-order valence-electron chi connectivity index (χ2n) is 3.32. The van der Waals surface area contributed by atoms with Gasteiger partial charge in [0.25, 0.3) is 5.91 Å². The topological polar surface area (TPSA) is 60.4 Å². The monoisotopic (exact) mass is 189 g/mol. The second kappa shape index (κ2) is 2.83. The molecule has 0 spiro atoms. The van der Waals surface area contributed by atoms with E-state index in [0.717, 1.165) is 16.8 Å². The summed E-state index contributed by atoms with van der Waals surface area (Å²) in [4.78, 5) is 11.0. The fraction of sp³-hybridized carbons (Fsp3) is 0.200. The SMILES string of the molecule is Cc1ccc2c(C(N)=O)cnn2c1C. The van der Waals surface area contributed by atoms with Crippen molar-refractivity contribution >= 4 is 11.4 Å². The summed E-state index contributed by atoms with van der Waals surface area (Å²) in [7, 11) is 0. The van der Waals surface area contributed by atoms with Crippen LogP contribution in [0.3, 0.4) is 0 Å². The number of pyridine rings is 1. The lowest BCUT2D eigenvalue weighted by molar-refractivity contribution is 0.100. The van der Waals surface area contributed by atoms with E-state index in [2.05, 4.69) is 5.10 Å². The highest BCUT2D eigenvalue weighted by Crippen LogP contribution is 2.14. The quantitative estimate of drug-likeness (QED) is 0.728. The Morgan fingerprint density at radius 2 is 2.14 bits per heavy atom. The number of aryl methyl sites for hydroxylation is 2. The van der Waals surface area contributed by atoms with Gasteiger partial charge in [0.15, 0.2) is 0 Å². The van der Waals surface area contributed by atoms with Crippen molar-refractivity contribution in [2.75, 3.05) is 0 Å². The number of nitrogens with zero attached hydrogens (tertiary/aromatic N) is 2. The maximum atomic E-state index is 11.0. The van der Waals surface area contributed by atoms with Gasteiger partial charge in [-0.3, -0.25) is 4.79 Å². The van der Waals surface area contributed by atoms with Crippen molar-refractivity contribution in [3.8, 4) is 0 Å². The molecule has 0 radical (unpaired) electrons. The molecule has 0 fully saturated rings. The number of nitrogens with two attached hydrogens (primary N) is 1. The van der Waals surface area contributed by atoms with Crippen molar-refractivity contribution < 1.29 is 4.79 Å². The van der Waals surface area contributed by atoms with Crippen LogP contribution in [0.25, 0.3) is 5.52 Å². The van der Waals surface area contributed by atoms with Crippen LogP contribution in [-0.2, 0) is 0 Å². The van der Waals surface area contributed by atoms with E-state index in [1.54, 1.807) is 4.52 Å². The molecule has 0 aliphatic carbocycles. The van der Waals surface area contributed by atoms with Crippen molar-refractivity contribution in [2.45, 2.75) is 13.8 Å². The molecule has 0 aliphatic heterocycles. The number of fused-ring (bicyclic) bond motifs is 1. The van der Waals surface area contributed by atoms with Crippen LogP contribution in [0.5, 0.6) is 0 Å². The Balaban J connectivity index is 2.83. The minimum absolute atomic E-state index is 0.441. The Kier molecular flexibility index (Phi) is 1.77.